The first-order chi connectivity index (χ1) is 17.0. The highest BCUT2D eigenvalue weighted by atomic mass is 32.2. The first-order valence-electron chi connectivity index (χ1n) is 11.1. The minimum atomic E-state index is -0.502. The lowest BCUT2D eigenvalue weighted by atomic mass is 9.94. The van der Waals surface area contributed by atoms with Crippen LogP contribution in [0.3, 0.4) is 0 Å². The summed E-state index contributed by atoms with van der Waals surface area (Å²) in [6, 6.07) is 9.30. The SMILES string of the molecule is CC1Oc2cc(N3CCCC3=O)ccc2-c2cnc(Nc3cnc4c(c3)N(SF)C(=O)CO4)cc21. The zero-order valence-corrected chi connectivity index (χ0v) is 19.5. The number of nitrogens with one attached hydrogen (secondary N) is 1. The van der Waals surface area contributed by atoms with E-state index in [0.717, 1.165) is 45.4 Å². The highest BCUT2D eigenvalue weighted by Gasteiger charge is 2.29. The molecule has 0 radical (unpaired) electrons. The number of carbonyl (C=O) groups excluding carboxylic acids is 2. The number of halogens is 1. The van der Waals surface area contributed by atoms with Gasteiger partial charge in [-0.15, -0.1) is 3.89 Å². The predicted octanol–water partition coefficient (Wildman–Crippen LogP) is 4.73. The van der Waals surface area contributed by atoms with Crippen LogP contribution in [0.5, 0.6) is 11.6 Å². The van der Waals surface area contributed by atoms with Crippen molar-refractivity contribution in [3.8, 4) is 22.8 Å². The monoisotopic (exact) mass is 493 g/mol. The fourth-order valence-corrected chi connectivity index (χ4v) is 4.92. The third kappa shape index (κ3) is 3.72. The normalized spacial score (nSPS) is 18.4. The van der Waals surface area contributed by atoms with Crippen molar-refractivity contribution < 1.29 is 22.9 Å². The van der Waals surface area contributed by atoms with E-state index in [1.54, 1.807) is 17.2 Å². The Hall–Kier alpha value is -3.86. The number of anilines is 4. The van der Waals surface area contributed by atoms with E-state index in [-0.39, 0.29) is 42.5 Å². The van der Waals surface area contributed by atoms with Gasteiger partial charge < -0.3 is 19.7 Å². The number of pyridine rings is 2. The lowest BCUT2D eigenvalue weighted by Gasteiger charge is -2.28. The van der Waals surface area contributed by atoms with Gasteiger partial charge in [0, 0.05) is 47.6 Å². The molecule has 1 unspecified atom stereocenters. The van der Waals surface area contributed by atoms with Gasteiger partial charge in [-0.1, -0.05) is 0 Å². The van der Waals surface area contributed by atoms with Crippen molar-refractivity contribution in [2.45, 2.75) is 25.9 Å². The van der Waals surface area contributed by atoms with E-state index in [9.17, 15) is 13.5 Å². The third-order valence-electron chi connectivity index (χ3n) is 6.27. The van der Waals surface area contributed by atoms with Crippen LogP contribution in [-0.2, 0) is 9.59 Å². The van der Waals surface area contributed by atoms with Crippen molar-refractivity contribution in [2.24, 2.45) is 0 Å². The molecular formula is C24H20FN5O4S. The maximum absolute atomic E-state index is 13.3. The van der Waals surface area contributed by atoms with Crippen LogP contribution in [0.25, 0.3) is 11.1 Å². The lowest BCUT2D eigenvalue weighted by molar-refractivity contribution is -0.120. The van der Waals surface area contributed by atoms with Gasteiger partial charge in [0.15, 0.2) is 18.9 Å². The van der Waals surface area contributed by atoms with Crippen LogP contribution in [-0.4, -0.2) is 34.9 Å². The first kappa shape index (κ1) is 21.7. The van der Waals surface area contributed by atoms with Crippen LogP contribution in [0.4, 0.5) is 26.8 Å². The maximum Gasteiger partial charge on any atom is 0.277 e. The van der Waals surface area contributed by atoms with Gasteiger partial charge in [0.25, 0.3) is 5.91 Å². The van der Waals surface area contributed by atoms with Gasteiger partial charge in [-0.2, -0.15) is 0 Å². The van der Waals surface area contributed by atoms with Crippen molar-refractivity contribution in [2.75, 3.05) is 27.7 Å². The summed E-state index contributed by atoms with van der Waals surface area (Å²) in [5.41, 5.74) is 4.41. The molecule has 5 heterocycles. The molecule has 0 bridgehead atoms. The molecule has 3 aromatic rings. The van der Waals surface area contributed by atoms with Crippen LogP contribution < -0.4 is 24.0 Å². The second kappa shape index (κ2) is 8.42. The van der Waals surface area contributed by atoms with Gasteiger partial charge >= 0.3 is 0 Å². The van der Waals surface area contributed by atoms with E-state index in [1.807, 2.05) is 31.2 Å². The molecule has 6 rings (SSSR count). The largest absolute Gasteiger partial charge is 0.485 e. The Kier molecular flexibility index (Phi) is 5.21. The summed E-state index contributed by atoms with van der Waals surface area (Å²) in [5.74, 6) is 1.08. The van der Waals surface area contributed by atoms with Crippen molar-refractivity contribution in [1.29, 1.82) is 0 Å². The fraction of sp³-hybridized carbons (Fsp3) is 0.250. The van der Waals surface area contributed by atoms with Crippen LogP contribution in [0.1, 0.15) is 31.4 Å². The molecule has 9 nitrogen and oxygen atoms in total. The number of carbonyl (C=O) groups is 2. The molecule has 1 N–H and O–H groups in total. The molecule has 1 fully saturated rings. The number of fused-ring (bicyclic) bond motifs is 4. The lowest BCUT2D eigenvalue weighted by Crippen LogP contribution is -2.33. The number of ether oxygens (including phenoxy) is 2. The molecule has 3 aliphatic rings. The van der Waals surface area contributed by atoms with Gasteiger partial charge in [-0.25, -0.2) is 14.3 Å². The predicted molar refractivity (Wildman–Crippen MR) is 130 cm³/mol. The summed E-state index contributed by atoms with van der Waals surface area (Å²) in [5, 5.41) is 3.16. The topological polar surface area (TPSA) is 96.9 Å². The Morgan fingerprint density at radius 1 is 1.11 bits per heavy atom. The Bertz CT molecular complexity index is 1370. The molecular weight excluding hydrogens is 473 g/mol. The van der Waals surface area contributed by atoms with Crippen LogP contribution in [0.2, 0.25) is 0 Å². The smallest absolute Gasteiger partial charge is 0.277 e. The van der Waals surface area contributed by atoms with Gasteiger partial charge in [-0.3, -0.25) is 9.59 Å². The second-order valence-electron chi connectivity index (χ2n) is 8.47. The molecule has 1 saturated heterocycles. The van der Waals surface area contributed by atoms with Crippen LogP contribution in [0.15, 0.2) is 42.7 Å². The molecule has 178 valence electrons. The summed E-state index contributed by atoms with van der Waals surface area (Å²) in [6.45, 7) is 2.42. The number of nitrogens with zero attached hydrogens (tertiary/aromatic N) is 4. The number of amides is 2. The molecule has 0 spiro atoms. The molecule has 2 amide bonds. The number of aromatic nitrogens is 2. The number of rotatable bonds is 4. The van der Waals surface area contributed by atoms with Crippen molar-refractivity contribution in [3.05, 3.63) is 48.3 Å². The van der Waals surface area contributed by atoms with E-state index >= 15 is 0 Å². The highest BCUT2D eigenvalue weighted by Crippen LogP contribution is 2.45. The minimum absolute atomic E-state index is 0.132. The molecule has 0 saturated carbocycles. The van der Waals surface area contributed by atoms with E-state index in [4.69, 9.17) is 9.47 Å². The second-order valence-corrected chi connectivity index (χ2v) is 8.97. The van der Waals surface area contributed by atoms with Crippen LogP contribution >= 0.6 is 12.3 Å². The van der Waals surface area contributed by atoms with Gasteiger partial charge in [-0.05, 0) is 37.6 Å². The van der Waals surface area contributed by atoms with E-state index in [0.29, 0.717) is 17.9 Å². The average Bonchev–Trinajstić information content (AvgIpc) is 3.29. The van der Waals surface area contributed by atoms with Gasteiger partial charge in [0.05, 0.1) is 11.9 Å². The summed E-state index contributed by atoms with van der Waals surface area (Å²) >= 11 is -0.185. The summed E-state index contributed by atoms with van der Waals surface area (Å²) in [4.78, 5) is 34.6. The Labute approximate surface area is 204 Å². The highest BCUT2D eigenvalue weighted by molar-refractivity contribution is 7.96. The molecule has 2 aromatic heterocycles. The van der Waals surface area contributed by atoms with E-state index in [1.165, 1.54) is 6.20 Å². The summed E-state index contributed by atoms with van der Waals surface area (Å²) < 4.78 is 25.7. The standard InChI is InChI=1S/C24H20FN5O4S/c1-13-17-9-21(28-14-7-19-24(27-10-14)33-12-23(32)30(19)35-25)26-11-18(17)16-5-4-15(8-20(16)34-13)29-6-2-3-22(29)31/h4-5,7-11,13H,2-3,6,12H2,1H3,(H,26,28). The minimum Gasteiger partial charge on any atom is -0.485 e. The van der Waals surface area contributed by atoms with E-state index in [2.05, 4.69) is 15.3 Å². The van der Waals surface area contributed by atoms with Crippen molar-refractivity contribution >= 4 is 47.0 Å². The number of hydrogen-bond donors (Lipinski definition) is 1. The quantitative estimate of drug-likeness (QED) is 0.522. The van der Waals surface area contributed by atoms with Crippen molar-refractivity contribution in [3.63, 3.8) is 0 Å². The Morgan fingerprint density at radius 2 is 2.00 bits per heavy atom. The fourth-order valence-electron chi connectivity index (χ4n) is 4.59. The van der Waals surface area contributed by atoms with Crippen molar-refractivity contribution in [1.82, 2.24) is 9.97 Å². The number of benzene rings is 1. The molecule has 35 heavy (non-hydrogen) atoms. The molecule has 11 heteroatoms. The Balaban J connectivity index is 1.29. The zero-order chi connectivity index (χ0) is 24.1. The van der Waals surface area contributed by atoms with E-state index < -0.39 is 5.91 Å². The zero-order valence-electron chi connectivity index (χ0n) is 18.7. The molecule has 0 aliphatic carbocycles. The molecule has 1 aromatic carbocycles. The summed E-state index contributed by atoms with van der Waals surface area (Å²) in [7, 11) is 0. The molecule has 1 atom stereocenters. The van der Waals surface area contributed by atoms with Gasteiger partial charge in [0.2, 0.25) is 11.8 Å². The maximum atomic E-state index is 13.3. The molecule has 3 aliphatic heterocycles. The average molecular weight is 494 g/mol. The first-order valence-corrected chi connectivity index (χ1v) is 11.8. The summed E-state index contributed by atoms with van der Waals surface area (Å²) in [6.07, 6.45) is 4.51. The Morgan fingerprint density at radius 3 is 2.80 bits per heavy atom. The third-order valence-corrected chi connectivity index (χ3v) is 6.81. The van der Waals surface area contributed by atoms with Gasteiger partial charge in [0.1, 0.15) is 23.4 Å². The van der Waals surface area contributed by atoms with Crippen LogP contribution in [0, 0.1) is 0 Å². The number of hydrogen-bond acceptors (Lipinski definition) is 8.